The third-order valence-electron chi connectivity index (χ3n) is 8.42. The number of benzene rings is 3. The van der Waals surface area contributed by atoms with Crippen LogP contribution >= 0.6 is 0 Å². The Labute approximate surface area is 240 Å². The van der Waals surface area contributed by atoms with Crippen LogP contribution < -0.4 is 15.0 Å². The van der Waals surface area contributed by atoms with E-state index in [1.54, 1.807) is 14.2 Å². The van der Waals surface area contributed by atoms with Gasteiger partial charge in [-0.15, -0.1) is 0 Å². The lowest BCUT2D eigenvalue weighted by Gasteiger charge is -2.32. The zero-order chi connectivity index (χ0) is 28.3. The van der Waals surface area contributed by atoms with Crippen molar-refractivity contribution in [3.05, 3.63) is 96.2 Å². The van der Waals surface area contributed by atoms with Crippen molar-refractivity contribution in [2.24, 2.45) is 5.92 Å². The van der Waals surface area contributed by atoms with Crippen LogP contribution in [0.15, 0.2) is 85.2 Å². The van der Waals surface area contributed by atoms with Gasteiger partial charge in [0, 0.05) is 30.7 Å². The van der Waals surface area contributed by atoms with Crippen molar-refractivity contribution in [2.45, 2.75) is 38.3 Å². The third kappa shape index (κ3) is 5.02. The maximum Gasteiger partial charge on any atom is 0.146 e. The van der Waals surface area contributed by atoms with Gasteiger partial charge in [-0.3, -0.25) is 5.41 Å². The predicted molar refractivity (Wildman–Crippen MR) is 161 cm³/mol. The summed E-state index contributed by atoms with van der Waals surface area (Å²) < 4.78 is 15.2. The Bertz CT molecular complexity index is 1690. The van der Waals surface area contributed by atoms with Gasteiger partial charge in [0.2, 0.25) is 0 Å². The molecule has 2 heterocycles. The van der Waals surface area contributed by atoms with Crippen molar-refractivity contribution in [1.82, 2.24) is 14.1 Å². The average Bonchev–Trinajstić information content (AvgIpc) is 3.36. The molecule has 6 rings (SSSR count). The minimum Gasteiger partial charge on any atom is -0.497 e. The Morgan fingerprint density at radius 3 is 2.12 bits per heavy atom. The number of methoxy groups -OCH3 is 2. The van der Waals surface area contributed by atoms with Gasteiger partial charge in [0.25, 0.3) is 0 Å². The lowest BCUT2D eigenvalue weighted by molar-refractivity contribution is 0.135. The fourth-order valence-electron chi connectivity index (χ4n) is 6.29. The van der Waals surface area contributed by atoms with Crippen LogP contribution in [0.25, 0.3) is 33.4 Å². The molecule has 0 saturated heterocycles. The van der Waals surface area contributed by atoms with E-state index in [0.29, 0.717) is 12.0 Å². The van der Waals surface area contributed by atoms with Crippen molar-refractivity contribution in [1.29, 1.82) is 5.41 Å². The molecule has 7 heteroatoms. The molecule has 0 aliphatic heterocycles. The van der Waals surface area contributed by atoms with Gasteiger partial charge in [-0.1, -0.05) is 55.3 Å². The van der Waals surface area contributed by atoms with Crippen LogP contribution in [0.2, 0.25) is 0 Å². The maximum absolute atomic E-state index is 10.2. The van der Waals surface area contributed by atoms with E-state index in [2.05, 4.69) is 41.0 Å². The minimum atomic E-state index is 0.0452. The van der Waals surface area contributed by atoms with Crippen LogP contribution in [-0.4, -0.2) is 40.1 Å². The van der Waals surface area contributed by atoms with E-state index >= 15 is 0 Å². The van der Waals surface area contributed by atoms with Gasteiger partial charge in [0.05, 0.1) is 31.6 Å². The van der Waals surface area contributed by atoms with Gasteiger partial charge in [0.1, 0.15) is 22.6 Å². The quantitative estimate of drug-likeness (QED) is 0.234. The molecule has 1 saturated carbocycles. The second-order valence-corrected chi connectivity index (χ2v) is 10.7. The highest BCUT2D eigenvalue weighted by Gasteiger charge is 2.29. The highest BCUT2D eigenvalue weighted by atomic mass is 16.5. The van der Waals surface area contributed by atoms with Gasteiger partial charge in [0.15, 0.2) is 0 Å². The number of nitrogens with zero attached hydrogens (tertiary/aromatic N) is 3. The van der Waals surface area contributed by atoms with E-state index in [9.17, 15) is 10.5 Å². The van der Waals surface area contributed by atoms with Crippen molar-refractivity contribution < 1.29 is 14.6 Å². The number of hydrogen-bond acceptors (Lipinski definition) is 5. The molecule has 1 aliphatic rings. The van der Waals surface area contributed by atoms with E-state index in [0.717, 1.165) is 76.2 Å². The van der Waals surface area contributed by atoms with Crippen molar-refractivity contribution >= 4 is 11.0 Å². The number of rotatable bonds is 8. The Kier molecular flexibility index (Phi) is 7.61. The summed E-state index contributed by atoms with van der Waals surface area (Å²) in [5.74, 6) is 1.68. The van der Waals surface area contributed by atoms with Crippen LogP contribution in [0, 0.1) is 11.3 Å². The van der Waals surface area contributed by atoms with E-state index in [-0.39, 0.29) is 18.6 Å². The van der Waals surface area contributed by atoms with Crippen LogP contribution in [-0.2, 0) is 6.54 Å². The highest BCUT2D eigenvalue weighted by Crippen LogP contribution is 2.41. The van der Waals surface area contributed by atoms with Crippen LogP contribution in [0.1, 0.15) is 37.3 Å². The molecule has 210 valence electrons. The zero-order valence-electron chi connectivity index (χ0n) is 23.6. The molecule has 0 spiro atoms. The van der Waals surface area contributed by atoms with Gasteiger partial charge in [-0.25, -0.2) is 4.98 Å². The molecule has 41 heavy (non-hydrogen) atoms. The first-order valence-electron chi connectivity index (χ1n) is 14.2. The molecule has 2 N–H and O–H groups in total. The molecule has 2 atom stereocenters. The summed E-state index contributed by atoms with van der Waals surface area (Å²) in [5.41, 5.74) is 6.31. The van der Waals surface area contributed by atoms with Gasteiger partial charge >= 0.3 is 0 Å². The summed E-state index contributed by atoms with van der Waals surface area (Å²) in [6.45, 7) is 0.723. The molecule has 3 aromatic carbocycles. The molecule has 7 nitrogen and oxygen atoms in total. The van der Waals surface area contributed by atoms with Crippen molar-refractivity contribution in [3.8, 4) is 33.9 Å². The first-order chi connectivity index (χ1) is 20.1. The molecular weight excluding hydrogens is 512 g/mol. The van der Waals surface area contributed by atoms with Crippen LogP contribution in [0.4, 0.5) is 0 Å². The van der Waals surface area contributed by atoms with Crippen LogP contribution in [0.3, 0.4) is 0 Å². The number of aliphatic hydroxyl groups is 1. The fraction of sp³-hybridized carbons (Fsp3) is 0.294. The molecule has 0 bridgehead atoms. The molecule has 1 unspecified atom stereocenters. The van der Waals surface area contributed by atoms with Crippen molar-refractivity contribution in [2.75, 3.05) is 20.8 Å². The third-order valence-corrected chi connectivity index (χ3v) is 8.42. The summed E-state index contributed by atoms with van der Waals surface area (Å²) in [6.07, 6.45) is 5.91. The number of aliphatic hydroxyl groups excluding tert-OH is 1. The number of fused-ring (bicyclic) bond motifs is 1. The summed E-state index contributed by atoms with van der Waals surface area (Å²) in [5, 5.41) is 20.6. The average molecular weight is 549 g/mol. The number of ether oxygens (including phenoxy) is 2. The summed E-state index contributed by atoms with van der Waals surface area (Å²) in [7, 11) is 3.34. The Morgan fingerprint density at radius 1 is 0.854 bits per heavy atom. The normalized spacial score (nSPS) is 17.0. The predicted octanol–water partition coefficient (Wildman–Crippen LogP) is 6.44. The molecular formula is C34H36N4O3. The monoisotopic (exact) mass is 548 g/mol. The molecule has 0 radical (unpaired) electrons. The van der Waals surface area contributed by atoms with E-state index in [4.69, 9.17) is 14.5 Å². The maximum atomic E-state index is 10.2. The highest BCUT2D eigenvalue weighted by molar-refractivity contribution is 6.02. The van der Waals surface area contributed by atoms with Gasteiger partial charge in [-0.05, 0) is 65.9 Å². The Morgan fingerprint density at radius 2 is 1.49 bits per heavy atom. The van der Waals surface area contributed by atoms with Crippen LogP contribution in [0.5, 0.6) is 11.5 Å². The molecule has 2 aromatic heterocycles. The summed E-state index contributed by atoms with van der Waals surface area (Å²) in [4.78, 5) is 5.06. The molecule has 5 aromatic rings. The largest absolute Gasteiger partial charge is 0.497 e. The molecule has 1 fully saturated rings. The number of hydrogen-bond donors (Lipinski definition) is 2. The summed E-state index contributed by atoms with van der Waals surface area (Å²) >= 11 is 0. The lowest BCUT2D eigenvalue weighted by atomic mass is 9.85. The second kappa shape index (κ2) is 11.6. The van der Waals surface area contributed by atoms with E-state index < -0.39 is 0 Å². The smallest absolute Gasteiger partial charge is 0.146 e. The molecule has 1 aliphatic carbocycles. The second-order valence-electron chi connectivity index (χ2n) is 10.7. The SMILES string of the molecule is COc1ccc(-c2c(-c3ccc(OC)cc3)n(Cc3ccccc3)c3ncn(C4CCCC[C@H]4CO)c(=N)c23)cc1. The Hall–Kier alpha value is -4.36. The zero-order valence-corrected chi connectivity index (χ0v) is 23.6. The molecule has 0 amide bonds. The van der Waals surface area contributed by atoms with Gasteiger partial charge < -0.3 is 23.7 Å². The number of aromatic nitrogens is 3. The van der Waals surface area contributed by atoms with Gasteiger partial charge in [-0.2, -0.15) is 0 Å². The summed E-state index contributed by atoms with van der Waals surface area (Å²) in [6, 6.07) is 26.5. The Balaban J connectivity index is 1.67. The van der Waals surface area contributed by atoms with Crippen molar-refractivity contribution in [3.63, 3.8) is 0 Å². The van der Waals surface area contributed by atoms with E-state index in [1.165, 1.54) is 0 Å². The topological polar surface area (TPSA) is 85.3 Å². The lowest BCUT2D eigenvalue weighted by Crippen LogP contribution is -2.33. The fourth-order valence-corrected chi connectivity index (χ4v) is 6.29. The number of nitrogens with one attached hydrogen (secondary N) is 1. The first-order valence-corrected chi connectivity index (χ1v) is 14.2. The first kappa shape index (κ1) is 26.8. The standard InChI is InChI=1S/C34H36N4O3/c1-40-27-16-12-24(13-17-27)30-31-33(35)38(29-11-7-6-10-26(29)21-39)22-36-34(31)37(20-23-8-4-3-5-9-23)32(30)25-14-18-28(41-2)19-15-25/h3-5,8-9,12-19,22,26,29,35,39H,6-7,10-11,20-21H2,1-2H3/t26-,29?/m0/s1. The van der Waals surface area contributed by atoms with E-state index in [1.807, 2.05) is 53.4 Å². The minimum absolute atomic E-state index is 0.0452.